The molecule has 4 nitrogen and oxygen atoms in total. The third kappa shape index (κ3) is 3.60. The van der Waals surface area contributed by atoms with Crippen molar-refractivity contribution in [3.05, 3.63) is 56.2 Å². The van der Waals surface area contributed by atoms with Gasteiger partial charge in [-0.3, -0.25) is 9.59 Å². The van der Waals surface area contributed by atoms with Crippen molar-refractivity contribution in [3.63, 3.8) is 0 Å². The molecule has 0 aliphatic heterocycles. The van der Waals surface area contributed by atoms with E-state index in [1.165, 1.54) is 34.2 Å². The molecule has 0 saturated heterocycles. The summed E-state index contributed by atoms with van der Waals surface area (Å²) in [5.74, 6) is 0.0517. The Hall–Kier alpha value is -1.92. The zero-order valence-corrected chi connectivity index (χ0v) is 17.1. The maximum absolute atomic E-state index is 12.7. The van der Waals surface area contributed by atoms with Crippen molar-refractivity contribution in [2.45, 2.75) is 56.4 Å². The molecule has 6 heteroatoms. The minimum absolute atomic E-state index is 0.0517. The standard InChI is InChI=1S/C21H22N2O2S2/c1-3-13-8-10-14(11-9-13)18(24)12(2)26-21-22-19(25)17-15-6-4-5-7-16(15)27-20(17)23-21/h8-12H,3-7H2,1-2H3,(H,22,23,25). The number of nitrogens with one attached hydrogen (secondary N) is 1. The predicted octanol–water partition coefficient (Wildman–Crippen LogP) is 4.79. The summed E-state index contributed by atoms with van der Waals surface area (Å²) in [7, 11) is 0. The number of benzene rings is 1. The van der Waals surface area contributed by atoms with Gasteiger partial charge in [-0.2, -0.15) is 0 Å². The lowest BCUT2D eigenvalue weighted by atomic mass is 9.97. The number of nitrogens with zero attached hydrogens (tertiary/aromatic N) is 1. The van der Waals surface area contributed by atoms with E-state index in [4.69, 9.17) is 0 Å². The van der Waals surface area contributed by atoms with Gasteiger partial charge in [-0.25, -0.2) is 4.98 Å². The number of carbonyl (C=O) groups is 1. The number of aromatic amines is 1. The molecular weight excluding hydrogens is 376 g/mol. The number of hydrogen-bond donors (Lipinski definition) is 1. The third-order valence-corrected chi connectivity index (χ3v) is 7.28. The molecule has 0 spiro atoms. The highest BCUT2D eigenvalue weighted by Crippen LogP contribution is 2.34. The van der Waals surface area contributed by atoms with Gasteiger partial charge in [0.1, 0.15) is 4.83 Å². The summed E-state index contributed by atoms with van der Waals surface area (Å²) in [6.07, 6.45) is 5.28. The molecule has 1 aliphatic rings. The van der Waals surface area contributed by atoms with Crippen LogP contribution in [0.25, 0.3) is 10.2 Å². The average molecular weight is 399 g/mol. The molecular formula is C21H22N2O2S2. The topological polar surface area (TPSA) is 62.8 Å². The summed E-state index contributed by atoms with van der Waals surface area (Å²) in [5, 5.41) is 0.970. The minimum atomic E-state index is -0.312. The summed E-state index contributed by atoms with van der Waals surface area (Å²) >= 11 is 2.96. The lowest BCUT2D eigenvalue weighted by molar-refractivity contribution is 0.0994. The molecule has 1 unspecified atom stereocenters. The summed E-state index contributed by atoms with van der Waals surface area (Å²) in [6.45, 7) is 3.96. The number of carbonyl (C=O) groups excluding carboxylic acids is 1. The Kier molecular flexibility index (Phi) is 5.19. The van der Waals surface area contributed by atoms with Crippen LogP contribution in [0.2, 0.25) is 0 Å². The second-order valence-electron chi connectivity index (χ2n) is 6.94. The first-order valence-electron chi connectivity index (χ1n) is 9.41. The Morgan fingerprint density at radius 2 is 2.00 bits per heavy atom. The van der Waals surface area contributed by atoms with Crippen LogP contribution < -0.4 is 5.56 Å². The molecule has 0 bridgehead atoms. The average Bonchev–Trinajstić information content (AvgIpc) is 3.06. The van der Waals surface area contributed by atoms with Crippen LogP contribution in [-0.4, -0.2) is 21.0 Å². The zero-order valence-electron chi connectivity index (χ0n) is 15.5. The van der Waals surface area contributed by atoms with E-state index in [-0.39, 0.29) is 16.6 Å². The molecule has 2 aromatic heterocycles. The molecule has 3 aromatic rings. The van der Waals surface area contributed by atoms with E-state index in [1.807, 2.05) is 31.2 Å². The van der Waals surface area contributed by atoms with Crippen LogP contribution in [0.5, 0.6) is 0 Å². The first-order chi connectivity index (χ1) is 13.1. The van der Waals surface area contributed by atoms with E-state index < -0.39 is 0 Å². The molecule has 0 radical (unpaired) electrons. The van der Waals surface area contributed by atoms with Gasteiger partial charge in [-0.1, -0.05) is 43.0 Å². The zero-order chi connectivity index (χ0) is 19.0. The number of thioether (sulfide) groups is 1. The highest BCUT2D eigenvalue weighted by molar-refractivity contribution is 8.00. The molecule has 1 aliphatic carbocycles. The summed E-state index contributed by atoms with van der Waals surface area (Å²) in [6, 6.07) is 7.75. The second kappa shape index (κ2) is 7.60. The van der Waals surface area contributed by atoms with Gasteiger partial charge < -0.3 is 4.98 Å². The van der Waals surface area contributed by atoms with Crippen LogP contribution in [0.1, 0.15) is 53.1 Å². The number of rotatable bonds is 5. The van der Waals surface area contributed by atoms with Gasteiger partial charge in [0.2, 0.25) is 0 Å². The monoisotopic (exact) mass is 398 g/mol. The van der Waals surface area contributed by atoms with Gasteiger partial charge in [0.25, 0.3) is 5.56 Å². The highest BCUT2D eigenvalue weighted by Gasteiger charge is 2.22. The Morgan fingerprint density at radius 3 is 2.74 bits per heavy atom. The van der Waals surface area contributed by atoms with Gasteiger partial charge in [0.15, 0.2) is 10.9 Å². The van der Waals surface area contributed by atoms with Gasteiger partial charge in [-0.15, -0.1) is 11.3 Å². The van der Waals surface area contributed by atoms with E-state index in [0.717, 1.165) is 35.9 Å². The van der Waals surface area contributed by atoms with E-state index >= 15 is 0 Å². The number of thiophene rings is 1. The molecule has 0 saturated carbocycles. The van der Waals surface area contributed by atoms with E-state index in [2.05, 4.69) is 16.9 Å². The Bertz CT molecular complexity index is 1050. The number of hydrogen-bond acceptors (Lipinski definition) is 5. The molecule has 27 heavy (non-hydrogen) atoms. The van der Waals surface area contributed by atoms with Crippen molar-refractivity contribution < 1.29 is 4.79 Å². The Morgan fingerprint density at radius 1 is 1.26 bits per heavy atom. The molecule has 0 amide bonds. The lowest BCUT2D eigenvalue weighted by Gasteiger charge is -2.11. The van der Waals surface area contributed by atoms with E-state index in [9.17, 15) is 9.59 Å². The number of ketones is 1. The third-order valence-electron chi connectivity index (χ3n) is 5.11. The Balaban J connectivity index is 1.59. The van der Waals surface area contributed by atoms with E-state index in [0.29, 0.717) is 10.7 Å². The summed E-state index contributed by atoms with van der Waals surface area (Å²) in [4.78, 5) is 35.0. The number of fused-ring (bicyclic) bond motifs is 3. The molecule has 0 fully saturated rings. The number of Topliss-reactive ketones (excluding diaryl/α,β-unsaturated/α-hetero) is 1. The van der Waals surface area contributed by atoms with Crippen LogP contribution in [0.4, 0.5) is 0 Å². The molecule has 4 rings (SSSR count). The SMILES string of the molecule is CCc1ccc(C(=O)C(C)Sc2nc3sc4c(c3c(=O)[nH]2)CCCC4)cc1. The van der Waals surface area contributed by atoms with Crippen molar-refractivity contribution >= 4 is 39.1 Å². The fourth-order valence-electron chi connectivity index (χ4n) is 3.56. The second-order valence-corrected chi connectivity index (χ2v) is 9.35. The van der Waals surface area contributed by atoms with Crippen LogP contribution in [-0.2, 0) is 19.3 Å². The first kappa shape index (κ1) is 18.4. The molecule has 140 valence electrons. The smallest absolute Gasteiger partial charge is 0.260 e. The fraction of sp³-hybridized carbons (Fsp3) is 0.381. The van der Waals surface area contributed by atoms with Gasteiger partial charge in [-0.05, 0) is 50.2 Å². The van der Waals surface area contributed by atoms with Crippen LogP contribution >= 0.6 is 23.1 Å². The first-order valence-corrected chi connectivity index (χ1v) is 11.1. The largest absolute Gasteiger partial charge is 0.301 e. The summed E-state index contributed by atoms with van der Waals surface area (Å²) in [5.41, 5.74) is 3.02. The quantitative estimate of drug-likeness (QED) is 0.381. The van der Waals surface area contributed by atoms with Gasteiger partial charge >= 0.3 is 0 Å². The van der Waals surface area contributed by atoms with Crippen molar-refractivity contribution in [1.82, 2.24) is 9.97 Å². The van der Waals surface area contributed by atoms with Crippen molar-refractivity contribution in [2.75, 3.05) is 0 Å². The maximum Gasteiger partial charge on any atom is 0.260 e. The lowest BCUT2D eigenvalue weighted by Crippen LogP contribution is -2.16. The number of aromatic nitrogens is 2. The highest BCUT2D eigenvalue weighted by atomic mass is 32.2. The maximum atomic E-state index is 12.7. The van der Waals surface area contributed by atoms with Gasteiger partial charge in [0, 0.05) is 10.4 Å². The van der Waals surface area contributed by atoms with Crippen molar-refractivity contribution in [1.29, 1.82) is 0 Å². The predicted molar refractivity (Wildman–Crippen MR) is 112 cm³/mol. The number of aryl methyl sites for hydroxylation is 3. The van der Waals surface area contributed by atoms with Gasteiger partial charge in [0.05, 0.1) is 10.6 Å². The van der Waals surface area contributed by atoms with E-state index in [1.54, 1.807) is 11.3 Å². The normalized spacial score (nSPS) is 14.9. The molecule has 1 N–H and O–H groups in total. The molecule has 1 atom stereocenters. The molecule has 1 aromatic carbocycles. The van der Waals surface area contributed by atoms with Crippen LogP contribution in [0.3, 0.4) is 0 Å². The van der Waals surface area contributed by atoms with Crippen LogP contribution in [0, 0.1) is 0 Å². The van der Waals surface area contributed by atoms with Crippen LogP contribution in [0.15, 0.2) is 34.2 Å². The minimum Gasteiger partial charge on any atom is -0.301 e. The van der Waals surface area contributed by atoms with Crippen molar-refractivity contribution in [2.24, 2.45) is 0 Å². The molecule has 2 heterocycles. The number of H-pyrrole nitrogens is 1. The Labute approximate surface area is 166 Å². The fourth-order valence-corrected chi connectivity index (χ4v) is 5.75. The summed E-state index contributed by atoms with van der Waals surface area (Å²) < 4.78 is 0. The van der Waals surface area contributed by atoms with Crippen molar-refractivity contribution in [3.8, 4) is 0 Å².